The van der Waals surface area contributed by atoms with Gasteiger partial charge in [-0.25, -0.2) is 0 Å². The first-order chi connectivity index (χ1) is 8.48. The maximum Gasteiger partial charge on any atom is 0.389 e. The topological polar surface area (TPSA) is 30.5 Å². The van der Waals surface area contributed by atoms with E-state index in [-0.39, 0.29) is 31.3 Å². The fourth-order valence-electron chi connectivity index (χ4n) is 2.10. The van der Waals surface area contributed by atoms with E-state index >= 15 is 0 Å². The summed E-state index contributed by atoms with van der Waals surface area (Å²) in [5, 5.41) is 3.33. The Balaban J connectivity index is 2.13. The number of alkyl halides is 3. The van der Waals surface area contributed by atoms with Gasteiger partial charge in [-0.05, 0) is 25.8 Å². The molecule has 3 atom stereocenters. The van der Waals surface area contributed by atoms with E-state index in [1.807, 2.05) is 0 Å². The Labute approximate surface area is 106 Å². The first-order valence-corrected chi connectivity index (χ1v) is 6.42. The van der Waals surface area contributed by atoms with Gasteiger partial charge in [-0.3, -0.25) is 0 Å². The fourth-order valence-corrected chi connectivity index (χ4v) is 2.10. The first kappa shape index (κ1) is 15.7. The molecular weight excluding hydrogens is 247 g/mol. The zero-order valence-electron chi connectivity index (χ0n) is 10.9. The van der Waals surface area contributed by atoms with Gasteiger partial charge in [0.15, 0.2) is 0 Å². The Bertz CT molecular complexity index is 236. The SMILES string of the molecule is CCCNC1CC(OCCCC(F)(F)F)C1OC. The minimum atomic E-state index is -4.09. The molecule has 0 amide bonds. The zero-order valence-corrected chi connectivity index (χ0v) is 10.9. The maximum atomic E-state index is 11.9. The molecule has 1 aliphatic rings. The Morgan fingerprint density at radius 2 is 2.06 bits per heavy atom. The largest absolute Gasteiger partial charge is 0.389 e. The van der Waals surface area contributed by atoms with E-state index in [4.69, 9.17) is 9.47 Å². The molecular formula is C12H22F3NO2. The fraction of sp³-hybridized carbons (Fsp3) is 1.00. The number of hydrogen-bond acceptors (Lipinski definition) is 3. The predicted octanol–water partition coefficient (Wildman–Crippen LogP) is 2.50. The van der Waals surface area contributed by atoms with Crippen molar-refractivity contribution in [2.45, 2.75) is 57.0 Å². The van der Waals surface area contributed by atoms with Crippen LogP contribution in [0.5, 0.6) is 0 Å². The van der Waals surface area contributed by atoms with Crippen LogP contribution in [0.25, 0.3) is 0 Å². The lowest BCUT2D eigenvalue weighted by Gasteiger charge is -2.43. The van der Waals surface area contributed by atoms with Crippen LogP contribution in [-0.2, 0) is 9.47 Å². The second kappa shape index (κ2) is 7.31. The van der Waals surface area contributed by atoms with Crippen molar-refractivity contribution in [3.8, 4) is 0 Å². The number of hydrogen-bond donors (Lipinski definition) is 1. The van der Waals surface area contributed by atoms with Crippen molar-refractivity contribution in [1.82, 2.24) is 5.32 Å². The highest BCUT2D eigenvalue weighted by Crippen LogP contribution is 2.28. The molecule has 0 bridgehead atoms. The van der Waals surface area contributed by atoms with E-state index in [0.717, 1.165) is 19.4 Å². The van der Waals surface area contributed by atoms with E-state index < -0.39 is 12.6 Å². The Morgan fingerprint density at radius 3 is 2.61 bits per heavy atom. The monoisotopic (exact) mass is 269 g/mol. The van der Waals surface area contributed by atoms with Crippen LogP contribution in [0.2, 0.25) is 0 Å². The molecule has 0 aromatic heterocycles. The molecule has 3 unspecified atom stereocenters. The van der Waals surface area contributed by atoms with E-state index in [1.54, 1.807) is 7.11 Å². The maximum absolute atomic E-state index is 11.9. The smallest absolute Gasteiger partial charge is 0.377 e. The van der Waals surface area contributed by atoms with Crippen molar-refractivity contribution >= 4 is 0 Å². The average molecular weight is 269 g/mol. The Kier molecular flexibility index (Phi) is 6.38. The minimum absolute atomic E-state index is 0.0174. The average Bonchev–Trinajstić information content (AvgIpc) is 2.25. The van der Waals surface area contributed by atoms with Crippen LogP contribution in [0, 0.1) is 0 Å². The molecule has 1 fully saturated rings. The molecule has 0 heterocycles. The van der Waals surface area contributed by atoms with Crippen molar-refractivity contribution < 1.29 is 22.6 Å². The van der Waals surface area contributed by atoms with Crippen LogP contribution in [0.4, 0.5) is 13.2 Å². The Morgan fingerprint density at radius 1 is 1.33 bits per heavy atom. The van der Waals surface area contributed by atoms with Crippen molar-refractivity contribution in [2.24, 2.45) is 0 Å². The van der Waals surface area contributed by atoms with Crippen LogP contribution in [-0.4, -0.2) is 44.7 Å². The van der Waals surface area contributed by atoms with Gasteiger partial charge in [0.2, 0.25) is 0 Å². The third kappa shape index (κ3) is 5.12. The van der Waals surface area contributed by atoms with E-state index in [2.05, 4.69) is 12.2 Å². The van der Waals surface area contributed by atoms with Gasteiger partial charge < -0.3 is 14.8 Å². The summed E-state index contributed by atoms with van der Waals surface area (Å²) in [6.07, 6.45) is -3.11. The summed E-state index contributed by atoms with van der Waals surface area (Å²) in [6, 6.07) is 0.266. The first-order valence-electron chi connectivity index (χ1n) is 6.42. The minimum Gasteiger partial charge on any atom is -0.377 e. The van der Waals surface area contributed by atoms with Crippen LogP contribution in [0.3, 0.4) is 0 Å². The number of nitrogens with one attached hydrogen (secondary N) is 1. The van der Waals surface area contributed by atoms with Gasteiger partial charge in [-0.2, -0.15) is 13.2 Å². The lowest BCUT2D eigenvalue weighted by atomic mass is 9.85. The van der Waals surface area contributed by atoms with Crippen LogP contribution < -0.4 is 5.32 Å². The zero-order chi connectivity index (χ0) is 13.6. The molecule has 0 spiro atoms. The molecule has 1 saturated carbocycles. The summed E-state index contributed by atoms with van der Waals surface area (Å²) < 4.78 is 46.5. The summed E-state index contributed by atoms with van der Waals surface area (Å²) in [6.45, 7) is 3.15. The molecule has 1 N–H and O–H groups in total. The van der Waals surface area contributed by atoms with Gasteiger partial charge in [0.05, 0.1) is 12.2 Å². The highest BCUT2D eigenvalue weighted by Gasteiger charge is 2.41. The van der Waals surface area contributed by atoms with Gasteiger partial charge in [-0.1, -0.05) is 6.92 Å². The third-order valence-corrected chi connectivity index (χ3v) is 3.11. The van der Waals surface area contributed by atoms with Crippen molar-refractivity contribution in [3.05, 3.63) is 0 Å². The highest BCUT2D eigenvalue weighted by atomic mass is 19.4. The quantitative estimate of drug-likeness (QED) is 0.687. The summed E-state index contributed by atoms with van der Waals surface area (Å²) >= 11 is 0. The second-order valence-corrected chi connectivity index (χ2v) is 4.62. The lowest BCUT2D eigenvalue weighted by Crippen LogP contribution is -2.59. The van der Waals surface area contributed by atoms with Gasteiger partial charge >= 0.3 is 6.18 Å². The number of rotatable bonds is 8. The van der Waals surface area contributed by atoms with Crippen LogP contribution >= 0.6 is 0 Å². The molecule has 18 heavy (non-hydrogen) atoms. The molecule has 0 aliphatic heterocycles. The third-order valence-electron chi connectivity index (χ3n) is 3.11. The Hall–Kier alpha value is -0.330. The van der Waals surface area contributed by atoms with Crippen molar-refractivity contribution in [1.29, 1.82) is 0 Å². The molecule has 3 nitrogen and oxygen atoms in total. The number of ether oxygens (including phenoxy) is 2. The second-order valence-electron chi connectivity index (χ2n) is 4.62. The summed E-state index contributed by atoms with van der Waals surface area (Å²) in [4.78, 5) is 0. The van der Waals surface area contributed by atoms with Gasteiger partial charge in [0.1, 0.15) is 0 Å². The van der Waals surface area contributed by atoms with Crippen molar-refractivity contribution in [2.75, 3.05) is 20.3 Å². The molecule has 1 rings (SSSR count). The molecule has 1 aliphatic carbocycles. The van der Waals surface area contributed by atoms with Gasteiger partial charge in [0.25, 0.3) is 0 Å². The van der Waals surface area contributed by atoms with Gasteiger partial charge in [0, 0.05) is 26.2 Å². The summed E-state index contributed by atoms with van der Waals surface area (Å²) in [5.41, 5.74) is 0. The standard InChI is InChI=1S/C12H22F3NO2/c1-3-6-16-9-8-10(11(9)17-2)18-7-4-5-12(13,14)15/h9-11,16H,3-8H2,1-2H3. The summed E-state index contributed by atoms with van der Waals surface area (Å²) in [7, 11) is 1.61. The molecule has 0 aromatic rings. The highest BCUT2D eigenvalue weighted by molar-refractivity contribution is 4.96. The number of methoxy groups -OCH3 is 1. The molecule has 108 valence electrons. The van der Waals surface area contributed by atoms with Crippen molar-refractivity contribution in [3.63, 3.8) is 0 Å². The van der Waals surface area contributed by atoms with E-state index in [0.29, 0.717) is 0 Å². The normalized spacial score (nSPS) is 28.2. The van der Waals surface area contributed by atoms with Gasteiger partial charge in [-0.15, -0.1) is 0 Å². The summed E-state index contributed by atoms with van der Waals surface area (Å²) in [5.74, 6) is 0. The lowest BCUT2D eigenvalue weighted by molar-refractivity contribution is -0.153. The van der Waals surface area contributed by atoms with Crippen LogP contribution in [0.1, 0.15) is 32.6 Å². The number of halogens is 3. The van der Waals surface area contributed by atoms with E-state index in [1.165, 1.54) is 0 Å². The van der Waals surface area contributed by atoms with Crippen LogP contribution in [0.15, 0.2) is 0 Å². The predicted molar refractivity (Wildman–Crippen MR) is 62.5 cm³/mol. The molecule has 0 aromatic carbocycles. The molecule has 6 heteroatoms. The molecule has 0 saturated heterocycles. The van der Waals surface area contributed by atoms with E-state index in [9.17, 15) is 13.2 Å². The molecule has 0 radical (unpaired) electrons.